The molecule has 1 atom stereocenters. The fourth-order valence-corrected chi connectivity index (χ4v) is 1.52. The number of nitrogen functional groups attached to an aromatic ring is 1. The monoisotopic (exact) mass is 288 g/mol. The minimum absolute atomic E-state index is 0. The first-order chi connectivity index (χ1) is 7.29. The van der Waals surface area contributed by atoms with Gasteiger partial charge >= 0.3 is 6.18 Å². The Kier molecular flexibility index (Phi) is 6.09. The van der Waals surface area contributed by atoms with E-state index in [0.29, 0.717) is 16.3 Å². The lowest BCUT2D eigenvalue weighted by atomic mass is 10.0. The van der Waals surface area contributed by atoms with Crippen LogP contribution in [-0.2, 0) is 0 Å². The highest BCUT2D eigenvalue weighted by atomic mass is 35.5. The maximum Gasteiger partial charge on any atom is 0.389 e. The molecule has 0 saturated heterocycles. The van der Waals surface area contributed by atoms with Gasteiger partial charge in [0, 0.05) is 23.2 Å². The van der Waals surface area contributed by atoms with E-state index in [0.717, 1.165) is 0 Å². The van der Waals surface area contributed by atoms with Crippen molar-refractivity contribution in [1.29, 1.82) is 0 Å². The highest BCUT2D eigenvalue weighted by Gasteiger charge is 2.28. The van der Waals surface area contributed by atoms with Gasteiger partial charge in [0.15, 0.2) is 0 Å². The normalized spacial score (nSPS) is 13.0. The van der Waals surface area contributed by atoms with Crippen LogP contribution in [0, 0.1) is 0 Å². The zero-order valence-electron chi connectivity index (χ0n) is 8.80. The summed E-state index contributed by atoms with van der Waals surface area (Å²) in [5.74, 6) is 0. The maximum atomic E-state index is 12.0. The number of halogens is 5. The molecule has 2 nitrogen and oxygen atoms in total. The molecule has 0 aliphatic carbocycles. The zero-order chi connectivity index (χ0) is 12.3. The lowest BCUT2D eigenvalue weighted by Crippen LogP contribution is -2.17. The van der Waals surface area contributed by atoms with Gasteiger partial charge in [0.1, 0.15) is 0 Å². The Morgan fingerprint density at radius 3 is 2.41 bits per heavy atom. The van der Waals surface area contributed by atoms with Gasteiger partial charge in [-0.15, -0.1) is 12.4 Å². The lowest BCUT2D eigenvalue weighted by molar-refractivity contribution is -0.136. The highest BCUT2D eigenvalue weighted by molar-refractivity contribution is 6.30. The van der Waals surface area contributed by atoms with Crippen LogP contribution in [0.2, 0.25) is 5.02 Å². The second-order valence-electron chi connectivity index (χ2n) is 3.53. The first-order valence-electron chi connectivity index (χ1n) is 4.67. The molecule has 7 heteroatoms. The van der Waals surface area contributed by atoms with Crippen LogP contribution in [0.15, 0.2) is 18.2 Å². The second-order valence-corrected chi connectivity index (χ2v) is 3.97. The van der Waals surface area contributed by atoms with E-state index in [1.54, 1.807) is 6.07 Å². The van der Waals surface area contributed by atoms with Gasteiger partial charge in [-0.2, -0.15) is 13.2 Å². The third-order valence-electron chi connectivity index (χ3n) is 2.19. The van der Waals surface area contributed by atoms with Gasteiger partial charge in [-0.25, -0.2) is 0 Å². The fourth-order valence-electron chi connectivity index (χ4n) is 1.34. The summed E-state index contributed by atoms with van der Waals surface area (Å²) in [7, 11) is 0. The quantitative estimate of drug-likeness (QED) is 0.834. The molecule has 1 aromatic carbocycles. The van der Waals surface area contributed by atoms with E-state index < -0.39 is 18.6 Å². The second kappa shape index (κ2) is 6.33. The van der Waals surface area contributed by atoms with Crippen molar-refractivity contribution in [3.05, 3.63) is 28.8 Å². The van der Waals surface area contributed by atoms with Gasteiger partial charge in [0.25, 0.3) is 0 Å². The first-order valence-corrected chi connectivity index (χ1v) is 5.04. The van der Waals surface area contributed by atoms with Crippen molar-refractivity contribution in [2.24, 2.45) is 5.73 Å². The van der Waals surface area contributed by atoms with Crippen LogP contribution in [0.25, 0.3) is 0 Å². The summed E-state index contributed by atoms with van der Waals surface area (Å²) in [6, 6.07) is 3.85. The number of alkyl halides is 3. The first kappa shape index (κ1) is 16.4. The molecule has 0 saturated carbocycles. The Bertz CT molecular complexity index is 369. The molecule has 0 unspecified atom stereocenters. The number of anilines is 1. The van der Waals surface area contributed by atoms with E-state index in [2.05, 4.69) is 0 Å². The van der Waals surface area contributed by atoms with Crippen molar-refractivity contribution in [3.8, 4) is 0 Å². The minimum Gasteiger partial charge on any atom is -0.398 e. The Morgan fingerprint density at radius 2 is 1.88 bits per heavy atom. The molecule has 17 heavy (non-hydrogen) atoms. The van der Waals surface area contributed by atoms with Gasteiger partial charge in [0.05, 0.1) is 0 Å². The Balaban J connectivity index is 0.00000256. The molecule has 1 aromatic rings. The molecule has 0 fully saturated rings. The van der Waals surface area contributed by atoms with Crippen LogP contribution < -0.4 is 11.5 Å². The summed E-state index contributed by atoms with van der Waals surface area (Å²) in [5, 5.41) is 0.409. The summed E-state index contributed by atoms with van der Waals surface area (Å²) < 4.78 is 36.0. The van der Waals surface area contributed by atoms with Gasteiger partial charge in [-0.05, 0) is 30.2 Å². The summed E-state index contributed by atoms with van der Waals surface area (Å²) in [6.45, 7) is 0. The van der Waals surface area contributed by atoms with Crippen molar-refractivity contribution in [2.45, 2.75) is 25.1 Å². The van der Waals surface area contributed by atoms with Crippen LogP contribution >= 0.6 is 24.0 Å². The lowest BCUT2D eigenvalue weighted by Gasteiger charge is -2.15. The molecular formula is C10H13Cl2F3N2. The van der Waals surface area contributed by atoms with Crippen molar-refractivity contribution in [2.75, 3.05) is 5.73 Å². The molecular weight excluding hydrogens is 276 g/mol. The van der Waals surface area contributed by atoms with E-state index in [-0.39, 0.29) is 18.8 Å². The molecule has 98 valence electrons. The van der Waals surface area contributed by atoms with Crippen LogP contribution in [0.1, 0.15) is 24.4 Å². The molecule has 0 radical (unpaired) electrons. The molecule has 1 rings (SSSR count). The largest absolute Gasteiger partial charge is 0.398 e. The minimum atomic E-state index is -4.20. The summed E-state index contributed by atoms with van der Waals surface area (Å²) >= 11 is 5.72. The fraction of sp³-hybridized carbons (Fsp3) is 0.400. The number of nitrogens with two attached hydrogens (primary N) is 2. The van der Waals surface area contributed by atoms with Crippen LogP contribution in [-0.4, -0.2) is 6.18 Å². The standard InChI is InChI=1S/C10H12ClF3N2.ClH/c11-6-1-2-8(15)7(5-6)9(16)3-4-10(12,13)14;/h1-2,5,9H,3-4,15-16H2;1H/t9-;/m0./s1. The molecule has 0 aliphatic rings. The van der Waals surface area contributed by atoms with E-state index in [1.807, 2.05) is 0 Å². The molecule has 0 amide bonds. The van der Waals surface area contributed by atoms with Gasteiger partial charge < -0.3 is 11.5 Å². The highest BCUT2D eigenvalue weighted by Crippen LogP contribution is 2.29. The Labute approximate surface area is 109 Å². The van der Waals surface area contributed by atoms with Crippen molar-refractivity contribution >= 4 is 29.7 Å². The van der Waals surface area contributed by atoms with Gasteiger partial charge in [-0.3, -0.25) is 0 Å². The predicted octanol–water partition coefficient (Wildman–Crippen LogP) is 3.69. The maximum absolute atomic E-state index is 12.0. The molecule has 0 aliphatic heterocycles. The Hall–Kier alpha value is -0.650. The third-order valence-corrected chi connectivity index (χ3v) is 2.42. The van der Waals surface area contributed by atoms with E-state index in [1.165, 1.54) is 12.1 Å². The van der Waals surface area contributed by atoms with E-state index in [4.69, 9.17) is 23.1 Å². The molecule has 0 heterocycles. The summed E-state index contributed by atoms with van der Waals surface area (Å²) in [4.78, 5) is 0. The van der Waals surface area contributed by atoms with Crippen molar-refractivity contribution in [1.82, 2.24) is 0 Å². The van der Waals surface area contributed by atoms with Crippen molar-refractivity contribution < 1.29 is 13.2 Å². The molecule has 4 N–H and O–H groups in total. The van der Waals surface area contributed by atoms with E-state index >= 15 is 0 Å². The average Bonchev–Trinajstić information content (AvgIpc) is 2.17. The van der Waals surface area contributed by atoms with Crippen LogP contribution in [0.4, 0.5) is 18.9 Å². The Morgan fingerprint density at radius 1 is 1.29 bits per heavy atom. The number of hydrogen-bond acceptors (Lipinski definition) is 2. The number of rotatable bonds is 3. The number of benzene rings is 1. The SMILES string of the molecule is Cl.Nc1ccc(Cl)cc1[C@@H](N)CCC(F)(F)F. The predicted molar refractivity (Wildman–Crippen MR) is 65.3 cm³/mol. The third kappa shape index (κ3) is 5.48. The number of hydrogen-bond donors (Lipinski definition) is 2. The zero-order valence-corrected chi connectivity index (χ0v) is 10.4. The molecule has 0 aromatic heterocycles. The smallest absolute Gasteiger partial charge is 0.389 e. The van der Waals surface area contributed by atoms with Gasteiger partial charge in [0.2, 0.25) is 0 Å². The van der Waals surface area contributed by atoms with E-state index in [9.17, 15) is 13.2 Å². The summed E-state index contributed by atoms with van der Waals surface area (Å²) in [6.07, 6.45) is -5.33. The van der Waals surface area contributed by atoms with Crippen molar-refractivity contribution in [3.63, 3.8) is 0 Å². The summed E-state index contributed by atoms with van der Waals surface area (Å²) in [5.41, 5.74) is 12.1. The van der Waals surface area contributed by atoms with Crippen LogP contribution in [0.5, 0.6) is 0 Å². The molecule has 0 bridgehead atoms. The average molecular weight is 289 g/mol. The molecule has 0 spiro atoms. The topological polar surface area (TPSA) is 52.0 Å². The van der Waals surface area contributed by atoms with Gasteiger partial charge in [-0.1, -0.05) is 11.6 Å². The van der Waals surface area contributed by atoms with Crippen LogP contribution in [0.3, 0.4) is 0 Å².